The van der Waals surface area contributed by atoms with Gasteiger partial charge in [0.1, 0.15) is 11.6 Å². The minimum Gasteiger partial charge on any atom is -0.492 e. The summed E-state index contributed by atoms with van der Waals surface area (Å²) in [5, 5.41) is 3.20. The molecule has 0 bridgehead atoms. The van der Waals surface area contributed by atoms with Crippen molar-refractivity contribution in [1.82, 2.24) is 19.9 Å². The number of benzene rings is 1. The number of hydrogen-bond acceptors (Lipinski definition) is 7. The number of anilines is 3. The first-order valence-corrected chi connectivity index (χ1v) is 8.89. The molecule has 1 aromatic carbocycles. The minimum atomic E-state index is 0.228. The van der Waals surface area contributed by atoms with Crippen molar-refractivity contribution in [2.24, 2.45) is 0 Å². The molecule has 1 aliphatic rings. The first-order chi connectivity index (χ1) is 12.2. The average molecular weight is 342 g/mol. The number of para-hydroxylation sites is 2. The Balaban J connectivity index is 1.77. The monoisotopic (exact) mass is 342 g/mol. The quantitative estimate of drug-likeness (QED) is 0.834. The maximum absolute atomic E-state index is 5.90. The summed E-state index contributed by atoms with van der Waals surface area (Å²) in [6, 6.07) is 8.25. The van der Waals surface area contributed by atoms with E-state index in [4.69, 9.17) is 10.5 Å². The predicted molar refractivity (Wildman–Crippen MR) is 98.9 cm³/mol. The van der Waals surface area contributed by atoms with Crippen molar-refractivity contribution in [3.8, 4) is 5.75 Å². The number of nitrogens with one attached hydrogen (secondary N) is 1. The molecule has 0 radical (unpaired) electrons. The van der Waals surface area contributed by atoms with Crippen molar-refractivity contribution < 1.29 is 4.74 Å². The summed E-state index contributed by atoms with van der Waals surface area (Å²) in [5.74, 6) is 2.12. The van der Waals surface area contributed by atoms with E-state index >= 15 is 0 Å². The third-order valence-corrected chi connectivity index (χ3v) is 4.42. The maximum Gasteiger partial charge on any atom is 0.232 e. The summed E-state index contributed by atoms with van der Waals surface area (Å²) in [4.78, 5) is 15.5. The van der Waals surface area contributed by atoms with Gasteiger partial charge in [-0.1, -0.05) is 18.6 Å². The van der Waals surface area contributed by atoms with Gasteiger partial charge in [0, 0.05) is 6.04 Å². The molecule has 7 nitrogen and oxygen atoms in total. The molecule has 0 unspecified atom stereocenters. The van der Waals surface area contributed by atoms with Crippen LogP contribution in [0.4, 0.5) is 17.6 Å². The highest BCUT2D eigenvalue weighted by molar-refractivity contribution is 5.62. The highest BCUT2D eigenvalue weighted by Gasteiger charge is 2.20. The molecule has 7 heteroatoms. The smallest absolute Gasteiger partial charge is 0.232 e. The summed E-state index contributed by atoms with van der Waals surface area (Å²) >= 11 is 0. The van der Waals surface area contributed by atoms with Gasteiger partial charge in [-0.15, -0.1) is 0 Å². The number of nitrogens with zero attached hydrogens (tertiary/aromatic N) is 4. The van der Waals surface area contributed by atoms with Crippen LogP contribution in [0.5, 0.6) is 5.75 Å². The molecule has 134 valence electrons. The van der Waals surface area contributed by atoms with Crippen LogP contribution in [0.15, 0.2) is 24.3 Å². The molecule has 1 aliphatic heterocycles. The Morgan fingerprint density at radius 1 is 1.24 bits per heavy atom. The summed E-state index contributed by atoms with van der Waals surface area (Å²) in [5.41, 5.74) is 6.71. The largest absolute Gasteiger partial charge is 0.492 e. The Hall–Kier alpha value is -2.41. The predicted octanol–water partition coefficient (Wildman–Crippen LogP) is 2.97. The van der Waals surface area contributed by atoms with Gasteiger partial charge in [-0.05, 0) is 45.4 Å². The SMILES string of the molecule is CCOc1ccccc1Nc1nc(N)nc(CN2CCCC[C@@H]2C)n1. The second-order valence-electron chi connectivity index (χ2n) is 6.30. The molecule has 2 heterocycles. The highest BCUT2D eigenvalue weighted by atomic mass is 16.5. The van der Waals surface area contributed by atoms with E-state index in [2.05, 4.69) is 32.1 Å². The Morgan fingerprint density at radius 2 is 2.08 bits per heavy atom. The lowest BCUT2D eigenvalue weighted by atomic mass is 10.0. The summed E-state index contributed by atoms with van der Waals surface area (Å²) in [6.07, 6.45) is 3.73. The molecule has 2 aromatic rings. The maximum atomic E-state index is 5.90. The number of nitrogen functional groups attached to an aromatic ring is 1. The topological polar surface area (TPSA) is 89.2 Å². The van der Waals surface area contributed by atoms with Crippen molar-refractivity contribution in [2.75, 3.05) is 24.2 Å². The van der Waals surface area contributed by atoms with Gasteiger partial charge in [-0.25, -0.2) is 0 Å². The number of likely N-dealkylation sites (tertiary alicyclic amines) is 1. The Bertz CT molecular complexity index is 708. The van der Waals surface area contributed by atoms with Crippen LogP contribution in [0.25, 0.3) is 0 Å². The number of ether oxygens (including phenoxy) is 1. The first-order valence-electron chi connectivity index (χ1n) is 8.89. The van der Waals surface area contributed by atoms with Crippen molar-refractivity contribution in [1.29, 1.82) is 0 Å². The van der Waals surface area contributed by atoms with Gasteiger partial charge >= 0.3 is 0 Å². The molecule has 0 spiro atoms. The van der Waals surface area contributed by atoms with Crippen LogP contribution >= 0.6 is 0 Å². The first kappa shape index (κ1) is 17.4. The third kappa shape index (κ3) is 4.57. The molecule has 0 saturated carbocycles. The van der Waals surface area contributed by atoms with E-state index in [0.717, 1.165) is 18.0 Å². The second-order valence-corrected chi connectivity index (χ2v) is 6.30. The molecule has 1 aromatic heterocycles. The zero-order valence-corrected chi connectivity index (χ0v) is 14.9. The lowest BCUT2D eigenvalue weighted by molar-refractivity contribution is 0.149. The average Bonchev–Trinajstić information content (AvgIpc) is 2.58. The minimum absolute atomic E-state index is 0.228. The van der Waals surface area contributed by atoms with Crippen LogP contribution in [-0.2, 0) is 6.54 Å². The lowest BCUT2D eigenvalue weighted by Gasteiger charge is -2.32. The lowest BCUT2D eigenvalue weighted by Crippen LogP contribution is -2.37. The fourth-order valence-electron chi connectivity index (χ4n) is 3.11. The Morgan fingerprint density at radius 3 is 2.88 bits per heavy atom. The van der Waals surface area contributed by atoms with Gasteiger partial charge < -0.3 is 15.8 Å². The van der Waals surface area contributed by atoms with Crippen molar-refractivity contribution in [2.45, 2.75) is 45.7 Å². The molecule has 0 amide bonds. The van der Waals surface area contributed by atoms with Gasteiger partial charge in [0.15, 0.2) is 0 Å². The van der Waals surface area contributed by atoms with Crippen molar-refractivity contribution in [3.63, 3.8) is 0 Å². The van der Waals surface area contributed by atoms with E-state index < -0.39 is 0 Å². The molecule has 1 atom stereocenters. The van der Waals surface area contributed by atoms with E-state index in [1.807, 2.05) is 31.2 Å². The fraction of sp³-hybridized carbons (Fsp3) is 0.500. The van der Waals surface area contributed by atoms with Gasteiger partial charge in [0.05, 0.1) is 18.8 Å². The molecule has 1 saturated heterocycles. The number of hydrogen-bond donors (Lipinski definition) is 2. The van der Waals surface area contributed by atoms with Gasteiger partial charge in [0.2, 0.25) is 11.9 Å². The van der Waals surface area contributed by atoms with E-state index in [0.29, 0.717) is 31.0 Å². The molecule has 25 heavy (non-hydrogen) atoms. The molecule has 3 N–H and O–H groups in total. The van der Waals surface area contributed by atoms with Crippen LogP contribution in [0.3, 0.4) is 0 Å². The highest BCUT2D eigenvalue weighted by Crippen LogP contribution is 2.26. The van der Waals surface area contributed by atoms with Gasteiger partial charge in [0.25, 0.3) is 0 Å². The van der Waals surface area contributed by atoms with Gasteiger partial charge in [-0.3, -0.25) is 4.90 Å². The zero-order valence-electron chi connectivity index (χ0n) is 14.9. The normalized spacial score (nSPS) is 18.1. The van der Waals surface area contributed by atoms with Crippen LogP contribution in [-0.4, -0.2) is 39.0 Å². The van der Waals surface area contributed by atoms with Crippen LogP contribution in [0.1, 0.15) is 38.9 Å². The van der Waals surface area contributed by atoms with E-state index in [1.54, 1.807) is 0 Å². The number of aromatic nitrogens is 3. The van der Waals surface area contributed by atoms with Crippen LogP contribution in [0.2, 0.25) is 0 Å². The molecule has 3 rings (SSSR count). The standard InChI is InChI=1S/C18H26N6O/c1-3-25-15-10-5-4-9-14(15)20-18-22-16(21-17(19)23-18)12-24-11-7-6-8-13(24)2/h4-5,9-10,13H,3,6-8,11-12H2,1-2H3,(H3,19,20,21,22,23)/t13-/m0/s1. The number of rotatable bonds is 6. The summed E-state index contributed by atoms with van der Waals surface area (Å²) in [7, 11) is 0. The molecular weight excluding hydrogens is 316 g/mol. The zero-order chi connectivity index (χ0) is 17.6. The number of piperidine rings is 1. The van der Waals surface area contributed by atoms with Crippen LogP contribution < -0.4 is 15.8 Å². The molecular formula is C18H26N6O. The van der Waals surface area contributed by atoms with Crippen LogP contribution in [0, 0.1) is 0 Å². The second kappa shape index (κ2) is 8.11. The van der Waals surface area contributed by atoms with Crippen molar-refractivity contribution in [3.05, 3.63) is 30.1 Å². The summed E-state index contributed by atoms with van der Waals surface area (Å²) in [6.45, 7) is 6.56. The van der Waals surface area contributed by atoms with E-state index in [-0.39, 0.29) is 5.95 Å². The van der Waals surface area contributed by atoms with E-state index in [1.165, 1.54) is 19.3 Å². The molecule has 1 fully saturated rings. The Kier molecular flexibility index (Phi) is 5.65. The summed E-state index contributed by atoms with van der Waals surface area (Å²) < 4.78 is 5.63. The molecule has 0 aliphatic carbocycles. The van der Waals surface area contributed by atoms with E-state index in [9.17, 15) is 0 Å². The number of nitrogens with two attached hydrogens (primary N) is 1. The fourth-order valence-corrected chi connectivity index (χ4v) is 3.11. The Labute approximate surface area is 148 Å². The van der Waals surface area contributed by atoms with Gasteiger partial charge in [-0.2, -0.15) is 15.0 Å². The van der Waals surface area contributed by atoms with Crippen molar-refractivity contribution >= 4 is 17.6 Å². The third-order valence-electron chi connectivity index (χ3n) is 4.42.